The molecule has 0 atom stereocenters. The molecule has 0 aromatic rings. The molecule has 0 amide bonds. The van der Waals surface area contributed by atoms with Crippen LogP contribution in [-0.2, 0) is 13.4 Å². The summed E-state index contributed by atoms with van der Waals surface area (Å²) in [5, 5.41) is 0. The normalized spacial score (nSPS) is 4.50. The predicted octanol–water partition coefficient (Wildman–Crippen LogP) is 2.01. The number of rotatable bonds is 0. The van der Waals surface area contributed by atoms with E-state index in [0.717, 1.165) is 0 Å². The first-order valence-corrected chi connectivity index (χ1v) is 3.82. The molecule has 0 aliphatic carbocycles. The molecule has 0 spiro atoms. The Morgan fingerprint density at radius 3 is 1.25 bits per heavy atom. The van der Waals surface area contributed by atoms with Crippen LogP contribution >= 0.6 is 20.1 Å². The van der Waals surface area contributed by atoms with Crippen LogP contribution in [0.2, 0.25) is 0 Å². The number of hydrogen-bond donors (Lipinski definition) is 0. The van der Waals surface area contributed by atoms with Crippen molar-refractivity contribution >= 4 is 20.1 Å². The molecule has 0 rings (SSSR count). The summed E-state index contributed by atoms with van der Waals surface area (Å²) >= 11 is -0.181. The zero-order valence-electron chi connectivity index (χ0n) is 1.16. The van der Waals surface area contributed by atoms with Gasteiger partial charge in [-0.1, -0.05) is 7.43 Å². The average molecular weight is 139 g/mol. The first-order valence-electron chi connectivity index (χ1n) is 0.309. The van der Waals surface area contributed by atoms with Crippen molar-refractivity contribution in [3.05, 3.63) is 0 Å². The molecule has 0 bridgehead atoms. The summed E-state index contributed by atoms with van der Waals surface area (Å²) in [6.45, 7) is 0. The van der Waals surface area contributed by atoms with Gasteiger partial charge in [-0.3, -0.25) is 0 Å². The molecule has 0 heterocycles. The van der Waals surface area contributed by atoms with Gasteiger partial charge in [-0.15, -0.1) is 0 Å². The summed E-state index contributed by atoms with van der Waals surface area (Å²) in [5.74, 6) is 0. The van der Waals surface area contributed by atoms with Gasteiger partial charge in [-0.05, 0) is 0 Å². The van der Waals surface area contributed by atoms with Crippen LogP contribution in [0.25, 0.3) is 0 Å². The van der Waals surface area contributed by atoms with E-state index in [-0.39, 0.29) is 20.8 Å². The Bertz CT molecular complexity index is 6.00. The van der Waals surface area contributed by atoms with Crippen LogP contribution in [-0.4, -0.2) is 0 Å². The molecular formula is CH4Cl2Cr. The molecule has 0 aromatic heterocycles. The Hall–Kier alpha value is 1.11. The van der Waals surface area contributed by atoms with Crippen LogP contribution in [0.3, 0.4) is 0 Å². The first kappa shape index (κ1) is 8.93. The van der Waals surface area contributed by atoms with Gasteiger partial charge < -0.3 is 0 Å². The van der Waals surface area contributed by atoms with Crippen molar-refractivity contribution < 1.29 is 13.4 Å². The van der Waals surface area contributed by atoms with E-state index in [1.165, 1.54) is 0 Å². The van der Waals surface area contributed by atoms with E-state index in [9.17, 15) is 0 Å². The van der Waals surface area contributed by atoms with Gasteiger partial charge in [0.1, 0.15) is 0 Å². The van der Waals surface area contributed by atoms with Crippen LogP contribution in [0.5, 0.6) is 0 Å². The predicted molar refractivity (Wildman–Crippen MR) is 18.4 cm³/mol. The Morgan fingerprint density at radius 1 is 1.25 bits per heavy atom. The standard InChI is InChI=1S/CH4.2ClH.Cr/h1H4;2*1H;/q;;;+2/p-2. The fraction of sp³-hybridized carbons (Fsp3) is 1.00. The number of halogens is 2. The van der Waals surface area contributed by atoms with Gasteiger partial charge in [0.15, 0.2) is 0 Å². The minimum absolute atomic E-state index is 0. The molecule has 0 nitrogen and oxygen atoms in total. The average Bonchev–Trinajstić information content (AvgIpc) is 0.918. The first-order chi connectivity index (χ1) is 1.41. The Balaban J connectivity index is 0. The van der Waals surface area contributed by atoms with Gasteiger partial charge in [0.05, 0.1) is 0 Å². The second-order valence-electron chi connectivity index (χ2n) is 0.0583. The molecule has 0 aliphatic rings. The zero-order valence-corrected chi connectivity index (χ0v) is 3.95. The number of hydrogen-bond acceptors (Lipinski definition) is 0. The molecule has 0 radical (unpaired) electrons. The van der Waals surface area contributed by atoms with Crippen LogP contribution in [0.15, 0.2) is 0 Å². The molecule has 0 N–H and O–H groups in total. The fourth-order valence-corrected chi connectivity index (χ4v) is 0. The molecule has 0 saturated carbocycles. The van der Waals surface area contributed by atoms with Gasteiger partial charge in [0.25, 0.3) is 0 Å². The minimum atomic E-state index is -0.181. The maximum absolute atomic E-state index is 4.83. The molecule has 0 fully saturated rings. The summed E-state index contributed by atoms with van der Waals surface area (Å²) in [6.07, 6.45) is 0. The fourth-order valence-electron chi connectivity index (χ4n) is 0. The van der Waals surface area contributed by atoms with Crippen molar-refractivity contribution in [3.8, 4) is 0 Å². The van der Waals surface area contributed by atoms with E-state index >= 15 is 0 Å². The molecule has 28 valence electrons. The molecule has 3 heteroatoms. The van der Waals surface area contributed by atoms with Gasteiger partial charge in [-0.25, -0.2) is 0 Å². The summed E-state index contributed by atoms with van der Waals surface area (Å²) < 4.78 is 0. The summed E-state index contributed by atoms with van der Waals surface area (Å²) in [6, 6.07) is 0. The molecule has 0 unspecified atom stereocenters. The van der Waals surface area contributed by atoms with Gasteiger partial charge >= 0.3 is 33.5 Å². The zero-order chi connectivity index (χ0) is 2.71. The molecular weight excluding hydrogens is 135 g/mol. The van der Waals surface area contributed by atoms with Gasteiger partial charge in [-0.2, -0.15) is 0 Å². The van der Waals surface area contributed by atoms with E-state index in [1.807, 2.05) is 0 Å². The maximum atomic E-state index is 4.83. The molecule has 0 aromatic carbocycles. The van der Waals surface area contributed by atoms with E-state index in [4.69, 9.17) is 20.1 Å². The third-order valence-corrected chi connectivity index (χ3v) is 0. The SMILES string of the molecule is C.[Cl][Cr][Cl]. The van der Waals surface area contributed by atoms with Crippen molar-refractivity contribution in [2.45, 2.75) is 7.43 Å². The van der Waals surface area contributed by atoms with Crippen molar-refractivity contribution in [1.29, 1.82) is 0 Å². The third kappa shape index (κ3) is 11.2. The van der Waals surface area contributed by atoms with E-state index < -0.39 is 0 Å². The van der Waals surface area contributed by atoms with Crippen LogP contribution < -0.4 is 0 Å². The summed E-state index contributed by atoms with van der Waals surface area (Å²) in [7, 11) is 9.65. The van der Waals surface area contributed by atoms with Crippen LogP contribution in [0, 0.1) is 0 Å². The molecule has 0 aliphatic heterocycles. The van der Waals surface area contributed by atoms with Crippen LogP contribution in [0.4, 0.5) is 0 Å². The Morgan fingerprint density at radius 2 is 1.25 bits per heavy atom. The Kier molecular flexibility index (Phi) is 19.9. The van der Waals surface area contributed by atoms with Crippen molar-refractivity contribution in [1.82, 2.24) is 0 Å². The monoisotopic (exact) mass is 138 g/mol. The molecule has 4 heavy (non-hydrogen) atoms. The third-order valence-electron chi connectivity index (χ3n) is 0. The van der Waals surface area contributed by atoms with Crippen LogP contribution in [0.1, 0.15) is 7.43 Å². The summed E-state index contributed by atoms with van der Waals surface area (Å²) in [4.78, 5) is 0. The second kappa shape index (κ2) is 8.93. The van der Waals surface area contributed by atoms with E-state index in [2.05, 4.69) is 0 Å². The van der Waals surface area contributed by atoms with Crippen molar-refractivity contribution in [3.63, 3.8) is 0 Å². The van der Waals surface area contributed by atoms with E-state index in [0.29, 0.717) is 0 Å². The quantitative estimate of drug-likeness (QED) is 0.481. The van der Waals surface area contributed by atoms with Crippen molar-refractivity contribution in [2.75, 3.05) is 0 Å². The topological polar surface area (TPSA) is 0 Å². The summed E-state index contributed by atoms with van der Waals surface area (Å²) in [5.41, 5.74) is 0. The van der Waals surface area contributed by atoms with E-state index in [1.54, 1.807) is 0 Å². The second-order valence-corrected chi connectivity index (χ2v) is 2.16. The molecule has 0 saturated heterocycles. The van der Waals surface area contributed by atoms with Gasteiger partial charge in [0, 0.05) is 0 Å². The van der Waals surface area contributed by atoms with Gasteiger partial charge in [0.2, 0.25) is 0 Å². The Labute approximate surface area is 41.2 Å². The van der Waals surface area contributed by atoms with Crippen molar-refractivity contribution in [2.24, 2.45) is 0 Å².